The highest BCUT2D eigenvalue weighted by Gasteiger charge is 2.28. The predicted octanol–water partition coefficient (Wildman–Crippen LogP) is -0.0850. The van der Waals surface area contributed by atoms with Crippen LogP contribution in [0.1, 0.15) is 23.1 Å². The summed E-state index contributed by atoms with van der Waals surface area (Å²) in [6.45, 7) is 8.84. The van der Waals surface area contributed by atoms with Gasteiger partial charge in [0.25, 0.3) is 5.91 Å². The molecule has 0 unspecified atom stereocenters. The van der Waals surface area contributed by atoms with Crippen LogP contribution in [0.4, 0.5) is 0 Å². The van der Waals surface area contributed by atoms with Crippen molar-refractivity contribution in [1.82, 2.24) is 5.01 Å². The van der Waals surface area contributed by atoms with E-state index in [4.69, 9.17) is 0 Å². The third-order valence-corrected chi connectivity index (χ3v) is 5.80. The lowest BCUT2D eigenvalue weighted by atomic mass is 10.1. The molecule has 0 radical (unpaired) electrons. The van der Waals surface area contributed by atoms with Crippen LogP contribution in [0.25, 0.3) is 0 Å². The van der Waals surface area contributed by atoms with E-state index < -0.39 is 0 Å². The zero-order chi connectivity index (χ0) is 19.3. The Morgan fingerprint density at radius 1 is 1.00 bits per heavy atom. The van der Waals surface area contributed by atoms with Crippen LogP contribution in [0, 0.1) is 6.92 Å². The van der Waals surface area contributed by atoms with Crippen molar-refractivity contribution in [2.45, 2.75) is 19.9 Å². The lowest BCUT2D eigenvalue weighted by Gasteiger charge is -2.30. The predicted molar refractivity (Wildman–Crippen MR) is 110 cm³/mol. The van der Waals surface area contributed by atoms with Gasteiger partial charge in [-0.15, -0.1) is 0 Å². The van der Waals surface area contributed by atoms with Crippen LogP contribution in [0.15, 0.2) is 59.7 Å². The monoisotopic (exact) mass is 378 g/mol. The van der Waals surface area contributed by atoms with Gasteiger partial charge in [-0.2, -0.15) is 5.10 Å². The first-order valence-corrected chi connectivity index (χ1v) is 10.3. The Labute approximate surface area is 167 Å². The largest absolute Gasteiger partial charge is 0.322 e. The maximum Gasteiger partial charge on any atom is 0.297 e. The van der Waals surface area contributed by atoms with E-state index in [9.17, 15) is 4.79 Å². The minimum Gasteiger partial charge on any atom is -0.322 e. The second kappa shape index (κ2) is 8.67. The molecule has 0 bridgehead atoms. The molecule has 2 heterocycles. The summed E-state index contributed by atoms with van der Waals surface area (Å²) in [5.41, 5.74) is 4.89. The van der Waals surface area contributed by atoms with Gasteiger partial charge in [0.05, 0.1) is 12.3 Å². The van der Waals surface area contributed by atoms with Crippen LogP contribution in [0.5, 0.6) is 0 Å². The zero-order valence-electron chi connectivity index (χ0n) is 16.7. The summed E-state index contributed by atoms with van der Waals surface area (Å²) in [5.74, 6) is 0.156. The number of carbonyl (C=O) groups excluding carboxylic acids is 1. The third kappa shape index (κ3) is 4.66. The molecule has 4 rings (SSSR count). The van der Waals surface area contributed by atoms with Gasteiger partial charge in [0.15, 0.2) is 6.54 Å². The lowest BCUT2D eigenvalue weighted by molar-refractivity contribution is -1.02. The standard InChI is InChI=1S/C23H28N4O/c1-19-6-5-7-20(16-19)17-25-12-14-26(15-13-25)18-23(28)27-11-10-22(24-27)21-8-3-2-4-9-21/h2-9,16H,10-15,17-18H2,1H3/p+2. The van der Waals surface area contributed by atoms with Gasteiger partial charge >= 0.3 is 0 Å². The maximum atomic E-state index is 12.7. The number of hydrogen-bond acceptors (Lipinski definition) is 2. The van der Waals surface area contributed by atoms with E-state index in [0.717, 1.165) is 50.4 Å². The molecule has 0 spiro atoms. The minimum atomic E-state index is 0.156. The summed E-state index contributed by atoms with van der Waals surface area (Å²) >= 11 is 0. The van der Waals surface area contributed by atoms with E-state index in [-0.39, 0.29) is 5.91 Å². The number of amides is 1. The van der Waals surface area contributed by atoms with E-state index in [1.165, 1.54) is 16.0 Å². The van der Waals surface area contributed by atoms with Crippen molar-refractivity contribution in [2.75, 3.05) is 39.3 Å². The Kier molecular flexibility index (Phi) is 5.84. The van der Waals surface area contributed by atoms with Crippen molar-refractivity contribution in [1.29, 1.82) is 0 Å². The number of nitrogens with zero attached hydrogens (tertiary/aromatic N) is 2. The molecule has 5 nitrogen and oxygen atoms in total. The van der Waals surface area contributed by atoms with Gasteiger partial charge in [0.1, 0.15) is 32.7 Å². The normalized spacial score (nSPS) is 22.2. The number of piperazine rings is 1. The zero-order valence-corrected chi connectivity index (χ0v) is 16.7. The molecule has 2 N–H and O–H groups in total. The van der Waals surface area contributed by atoms with Gasteiger partial charge in [0.2, 0.25) is 0 Å². The number of aryl methyl sites for hydroxylation is 1. The first kappa shape index (κ1) is 18.8. The Hall–Kier alpha value is -2.50. The van der Waals surface area contributed by atoms with Gasteiger partial charge in [-0.3, -0.25) is 4.79 Å². The molecule has 0 saturated carbocycles. The molecule has 2 aliphatic rings. The summed E-state index contributed by atoms with van der Waals surface area (Å²) in [6.07, 6.45) is 0.847. The first-order chi connectivity index (χ1) is 13.7. The van der Waals surface area contributed by atoms with E-state index >= 15 is 0 Å². The van der Waals surface area contributed by atoms with Crippen molar-refractivity contribution < 1.29 is 14.6 Å². The van der Waals surface area contributed by atoms with Gasteiger partial charge in [-0.25, -0.2) is 5.01 Å². The van der Waals surface area contributed by atoms with Crippen molar-refractivity contribution in [2.24, 2.45) is 5.10 Å². The SMILES string of the molecule is Cc1cccc(C[NH+]2CC[NH+](CC(=O)N3CCC(c4ccccc4)=N3)CC2)c1. The number of quaternary nitrogens is 2. The summed E-state index contributed by atoms with van der Waals surface area (Å²) in [6, 6.07) is 19.0. The second-order valence-corrected chi connectivity index (χ2v) is 8.02. The van der Waals surface area contributed by atoms with E-state index in [1.54, 1.807) is 9.91 Å². The van der Waals surface area contributed by atoms with Crippen LogP contribution < -0.4 is 9.80 Å². The van der Waals surface area contributed by atoms with Gasteiger partial charge in [-0.05, 0) is 12.5 Å². The average Bonchev–Trinajstić information content (AvgIpc) is 3.21. The number of carbonyl (C=O) groups is 1. The fourth-order valence-electron chi connectivity index (χ4n) is 4.20. The number of hydrogen-bond donors (Lipinski definition) is 2. The number of nitrogens with one attached hydrogen (secondary N) is 2. The van der Waals surface area contributed by atoms with Crippen molar-refractivity contribution in [3.63, 3.8) is 0 Å². The van der Waals surface area contributed by atoms with Crippen LogP contribution in [-0.4, -0.2) is 55.9 Å². The fourth-order valence-corrected chi connectivity index (χ4v) is 4.20. The van der Waals surface area contributed by atoms with Crippen LogP contribution >= 0.6 is 0 Å². The Morgan fingerprint density at radius 3 is 2.50 bits per heavy atom. The third-order valence-electron chi connectivity index (χ3n) is 5.80. The minimum absolute atomic E-state index is 0.156. The second-order valence-electron chi connectivity index (χ2n) is 8.02. The molecule has 0 atom stereocenters. The van der Waals surface area contributed by atoms with Gasteiger partial charge in [-0.1, -0.05) is 60.2 Å². The summed E-state index contributed by atoms with van der Waals surface area (Å²) < 4.78 is 0. The Balaban J connectivity index is 1.26. The summed E-state index contributed by atoms with van der Waals surface area (Å²) in [7, 11) is 0. The number of hydrazone groups is 1. The molecular formula is C23H30N4O+2. The summed E-state index contributed by atoms with van der Waals surface area (Å²) in [5, 5.41) is 6.27. The van der Waals surface area contributed by atoms with Gasteiger partial charge in [0, 0.05) is 12.0 Å². The van der Waals surface area contributed by atoms with E-state index in [2.05, 4.69) is 48.4 Å². The highest BCUT2D eigenvalue weighted by Crippen LogP contribution is 2.13. The molecule has 1 fully saturated rings. The van der Waals surface area contributed by atoms with Crippen molar-refractivity contribution in [3.8, 4) is 0 Å². The van der Waals surface area contributed by atoms with Crippen LogP contribution in [-0.2, 0) is 11.3 Å². The molecule has 1 amide bonds. The molecule has 2 aromatic rings. The van der Waals surface area contributed by atoms with Crippen molar-refractivity contribution >= 4 is 11.6 Å². The van der Waals surface area contributed by atoms with Crippen molar-refractivity contribution in [3.05, 3.63) is 71.3 Å². The van der Waals surface area contributed by atoms with Crippen LogP contribution in [0.2, 0.25) is 0 Å². The Morgan fingerprint density at radius 2 is 1.75 bits per heavy atom. The molecule has 2 aromatic carbocycles. The molecule has 0 aliphatic carbocycles. The van der Waals surface area contributed by atoms with Crippen LogP contribution in [0.3, 0.4) is 0 Å². The topological polar surface area (TPSA) is 41.6 Å². The smallest absolute Gasteiger partial charge is 0.297 e. The average molecular weight is 379 g/mol. The molecule has 0 aromatic heterocycles. The van der Waals surface area contributed by atoms with Gasteiger partial charge < -0.3 is 9.80 Å². The molecule has 146 valence electrons. The molecule has 1 saturated heterocycles. The number of benzene rings is 2. The quantitative estimate of drug-likeness (QED) is 0.751. The summed E-state index contributed by atoms with van der Waals surface area (Å²) in [4.78, 5) is 15.7. The molecule has 5 heteroatoms. The highest BCUT2D eigenvalue weighted by atomic mass is 16.2. The molecule has 2 aliphatic heterocycles. The molecule has 28 heavy (non-hydrogen) atoms. The highest BCUT2D eigenvalue weighted by molar-refractivity contribution is 6.02. The van der Waals surface area contributed by atoms with E-state index in [0.29, 0.717) is 13.1 Å². The maximum absolute atomic E-state index is 12.7. The lowest BCUT2D eigenvalue weighted by Crippen LogP contribution is -3.28. The fraction of sp³-hybridized carbons (Fsp3) is 0.391. The number of rotatable bonds is 5. The first-order valence-electron chi connectivity index (χ1n) is 10.3. The Bertz CT molecular complexity index is 841. The molecular weight excluding hydrogens is 348 g/mol. The van der Waals surface area contributed by atoms with E-state index in [1.807, 2.05) is 18.2 Å².